The topological polar surface area (TPSA) is 46.0 Å². The summed E-state index contributed by atoms with van der Waals surface area (Å²) in [5.41, 5.74) is 0. The fourth-order valence-electron chi connectivity index (χ4n) is 2.54. The number of nitrogens with zero attached hydrogens (tertiary/aromatic N) is 4. The minimum absolute atomic E-state index is 0.287. The van der Waals surface area contributed by atoms with Gasteiger partial charge in [0.25, 0.3) is 0 Å². The smallest absolute Gasteiger partial charge is 0.317 e. The molecule has 0 aromatic carbocycles. The molecule has 1 aliphatic heterocycles. The fourth-order valence-corrected chi connectivity index (χ4v) is 2.54. The van der Waals surface area contributed by atoms with Gasteiger partial charge in [0.2, 0.25) is 5.82 Å². The molecule has 0 aliphatic carbocycles. The Balaban J connectivity index is 2.07. The molecule has 1 aromatic heterocycles. The number of halogens is 3. The van der Waals surface area contributed by atoms with Gasteiger partial charge in [0.1, 0.15) is 5.82 Å². The van der Waals surface area contributed by atoms with Crippen molar-refractivity contribution < 1.29 is 13.2 Å². The van der Waals surface area contributed by atoms with E-state index < -0.39 is 12.0 Å². The summed E-state index contributed by atoms with van der Waals surface area (Å²) < 4.78 is 39.4. The molecule has 2 atom stereocenters. The van der Waals surface area contributed by atoms with Gasteiger partial charge in [-0.1, -0.05) is 0 Å². The van der Waals surface area contributed by atoms with Gasteiger partial charge in [-0.2, -0.15) is 13.2 Å². The van der Waals surface area contributed by atoms with E-state index in [0.29, 0.717) is 25.0 Å². The van der Waals surface area contributed by atoms with Gasteiger partial charge >= 0.3 is 6.18 Å². The molecule has 2 heterocycles. The largest absolute Gasteiger partial charge is 0.451 e. The van der Waals surface area contributed by atoms with E-state index in [1.807, 2.05) is 7.05 Å². The average molecular weight is 291 g/mol. The second-order valence-electron chi connectivity index (χ2n) is 5.33. The van der Waals surface area contributed by atoms with Crippen molar-refractivity contribution in [2.24, 2.45) is 0 Å². The van der Waals surface area contributed by atoms with Gasteiger partial charge < -0.3 is 9.88 Å². The fraction of sp³-hybridized carbons (Fsp3) is 0.833. The highest BCUT2D eigenvalue weighted by Gasteiger charge is 2.39. The van der Waals surface area contributed by atoms with Crippen molar-refractivity contribution in [1.82, 2.24) is 25.0 Å². The second kappa shape index (κ2) is 5.69. The number of fused-ring (bicyclic) bond motifs is 1. The van der Waals surface area contributed by atoms with E-state index in [1.54, 1.807) is 0 Å². The molecule has 114 valence electrons. The van der Waals surface area contributed by atoms with Gasteiger partial charge in [-0.15, -0.1) is 10.2 Å². The van der Waals surface area contributed by atoms with Crippen LogP contribution in [-0.4, -0.2) is 45.3 Å². The molecule has 0 radical (unpaired) electrons. The first-order valence-electron chi connectivity index (χ1n) is 6.73. The minimum atomic E-state index is -4.43. The Morgan fingerprint density at radius 3 is 2.55 bits per heavy atom. The third kappa shape index (κ3) is 3.12. The van der Waals surface area contributed by atoms with Crippen LogP contribution >= 0.6 is 0 Å². The van der Waals surface area contributed by atoms with E-state index in [2.05, 4.69) is 34.3 Å². The number of alkyl halides is 3. The predicted molar refractivity (Wildman–Crippen MR) is 68.0 cm³/mol. The quantitative estimate of drug-likeness (QED) is 0.913. The van der Waals surface area contributed by atoms with Crippen LogP contribution in [0.3, 0.4) is 0 Å². The number of aromatic nitrogens is 3. The Labute approximate surface area is 116 Å². The van der Waals surface area contributed by atoms with Crippen molar-refractivity contribution in [1.29, 1.82) is 0 Å². The third-order valence-electron chi connectivity index (χ3n) is 3.85. The summed E-state index contributed by atoms with van der Waals surface area (Å²) in [6, 6.07) is 0.660. The van der Waals surface area contributed by atoms with E-state index in [9.17, 15) is 13.2 Å². The predicted octanol–water partition coefficient (Wildman–Crippen LogP) is 1.50. The lowest BCUT2D eigenvalue weighted by Crippen LogP contribution is -2.43. The molecule has 0 bridgehead atoms. The highest BCUT2D eigenvalue weighted by atomic mass is 19.4. The van der Waals surface area contributed by atoms with E-state index in [0.717, 1.165) is 6.42 Å². The Kier molecular flexibility index (Phi) is 4.33. The van der Waals surface area contributed by atoms with Gasteiger partial charge in [0.05, 0.1) is 6.54 Å². The summed E-state index contributed by atoms with van der Waals surface area (Å²) in [5, 5.41) is 10.1. The molecule has 20 heavy (non-hydrogen) atoms. The van der Waals surface area contributed by atoms with Crippen LogP contribution in [0.1, 0.15) is 31.9 Å². The van der Waals surface area contributed by atoms with Gasteiger partial charge in [-0.05, 0) is 27.3 Å². The molecule has 0 saturated carbocycles. The summed E-state index contributed by atoms with van der Waals surface area (Å²) in [5.74, 6) is -0.490. The maximum absolute atomic E-state index is 12.7. The standard InChI is InChI=1S/C12H20F3N5/c1-8(16-3)6-9(2)19-4-5-20-10(7-19)17-18-11(20)12(13,14)15/h8-9,16H,4-7H2,1-3H3. The maximum atomic E-state index is 12.7. The summed E-state index contributed by atoms with van der Waals surface area (Å²) in [6.45, 7) is 5.47. The summed E-state index contributed by atoms with van der Waals surface area (Å²) >= 11 is 0. The molecule has 2 rings (SSSR count). The first kappa shape index (κ1) is 15.2. The van der Waals surface area contributed by atoms with Crippen molar-refractivity contribution in [3.63, 3.8) is 0 Å². The Morgan fingerprint density at radius 1 is 1.25 bits per heavy atom. The van der Waals surface area contributed by atoms with Crippen LogP contribution < -0.4 is 5.32 Å². The number of rotatable bonds is 4. The Bertz CT molecular complexity index is 456. The van der Waals surface area contributed by atoms with Crippen LogP contribution in [0.5, 0.6) is 0 Å². The normalized spacial score (nSPS) is 19.7. The van der Waals surface area contributed by atoms with Crippen molar-refractivity contribution >= 4 is 0 Å². The molecule has 2 unspecified atom stereocenters. The first-order chi connectivity index (χ1) is 9.32. The summed E-state index contributed by atoms with van der Waals surface area (Å²) in [4.78, 5) is 2.15. The molecule has 5 nitrogen and oxygen atoms in total. The lowest BCUT2D eigenvalue weighted by molar-refractivity contribution is -0.148. The molecule has 0 saturated heterocycles. The molecule has 8 heteroatoms. The van der Waals surface area contributed by atoms with Crippen molar-refractivity contribution in [3.05, 3.63) is 11.6 Å². The maximum Gasteiger partial charge on any atom is 0.451 e. The number of nitrogens with one attached hydrogen (secondary N) is 1. The molecule has 0 fully saturated rings. The van der Waals surface area contributed by atoms with Crippen molar-refractivity contribution in [2.75, 3.05) is 13.6 Å². The minimum Gasteiger partial charge on any atom is -0.317 e. The lowest BCUT2D eigenvalue weighted by atomic mass is 10.1. The van der Waals surface area contributed by atoms with Gasteiger partial charge in [-0.3, -0.25) is 4.90 Å². The molecule has 0 spiro atoms. The Morgan fingerprint density at radius 2 is 1.95 bits per heavy atom. The van der Waals surface area contributed by atoms with Crippen molar-refractivity contribution in [2.45, 2.75) is 51.6 Å². The van der Waals surface area contributed by atoms with E-state index in [4.69, 9.17) is 0 Å². The molecule has 0 amide bonds. The average Bonchev–Trinajstić information content (AvgIpc) is 2.80. The monoisotopic (exact) mass is 291 g/mol. The first-order valence-corrected chi connectivity index (χ1v) is 6.73. The number of hydrogen-bond donors (Lipinski definition) is 1. The van der Waals surface area contributed by atoms with Gasteiger partial charge in [0, 0.05) is 25.2 Å². The molecule has 1 aliphatic rings. The lowest BCUT2D eigenvalue weighted by Gasteiger charge is -2.34. The number of hydrogen-bond acceptors (Lipinski definition) is 4. The van der Waals surface area contributed by atoms with Crippen LogP contribution in [0, 0.1) is 0 Å². The van der Waals surface area contributed by atoms with E-state index in [1.165, 1.54) is 4.57 Å². The molecular formula is C12H20F3N5. The molecular weight excluding hydrogens is 271 g/mol. The zero-order chi connectivity index (χ0) is 14.9. The highest BCUT2D eigenvalue weighted by Crippen LogP contribution is 2.29. The van der Waals surface area contributed by atoms with Crippen LogP contribution in [0.15, 0.2) is 0 Å². The summed E-state index contributed by atoms with van der Waals surface area (Å²) in [6.07, 6.45) is -3.49. The van der Waals surface area contributed by atoms with Gasteiger partial charge in [-0.25, -0.2) is 0 Å². The third-order valence-corrected chi connectivity index (χ3v) is 3.85. The van der Waals surface area contributed by atoms with E-state index >= 15 is 0 Å². The van der Waals surface area contributed by atoms with Gasteiger partial charge in [0.15, 0.2) is 0 Å². The second-order valence-corrected chi connectivity index (χ2v) is 5.33. The highest BCUT2D eigenvalue weighted by molar-refractivity contribution is 5.02. The molecule has 1 N–H and O–H groups in total. The zero-order valence-electron chi connectivity index (χ0n) is 11.9. The van der Waals surface area contributed by atoms with Crippen LogP contribution in [0.4, 0.5) is 13.2 Å². The van der Waals surface area contributed by atoms with Crippen LogP contribution in [-0.2, 0) is 19.3 Å². The molecule has 1 aromatic rings. The van der Waals surface area contributed by atoms with E-state index in [-0.39, 0.29) is 12.6 Å². The van der Waals surface area contributed by atoms with Crippen LogP contribution in [0.2, 0.25) is 0 Å². The zero-order valence-corrected chi connectivity index (χ0v) is 11.9. The summed E-state index contributed by atoms with van der Waals surface area (Å²) in [7, 11) is 1.90. The SMILES string of the molecule is CNC(C)CC(C)N1CCn2c(nnc2C(F)(F)F)C1. The van der Waals surface area contributed by atoms with Crippen molar-refractivity contribution in [3.8, 4) is 0 Å². The Hall–Kier alpha value is -1.15. The van der Waals surface area contributed by atoms with Crippen LogP contribution in [0.25, 0.3) is 0 Å².